The lowest BCUT2D eigenvalue weighted by molar-refractivity contribution is 0.616. The fourth-order valence-corrected chi connectivity index (χ4v) is 2.82. The second-order valence-corrected chi connectivity index (χ2v) is 5.10. The van der Waals surface area contributed by atoms with E-state index in [1.54, 1.807) is 0 Å². The summed E-state index contributed by atoms with van der Waals surface area (Å²) in [6, 6.07) is 0. The molecular formula is C9H11ClFN3S. The van der Waals surface area contributed by atoms with Crippen molar-refractivity contribution in [1.82, 2.24) is 9.97 Å². The number of nitrogens with zero attached hydrogens (tertiary/aromatic N) is 2. The largest absolute Gasteiger partial charge is 0.366 e. The lowest BCUT2D eigenvalue weighted by atomic mass is 10.2. The summed E-state index contributed by atoms with van der Waals surface area (Å²) >= 11 is 7.49. The Hall–Kier alpha value is -0.550. The number of halogens is 2. The highest BCUT2D eigenvalue weighted by Crippen LogP contribution is 2.26. The summed E-state index contributed by atoms with van der Waals surface area (Å²) in [6.45, 7) is 0.731. The number of rotatable bonds is 3. The summed E-state index contributed by atoms with van der Waals surface area (Å²) in [6.07, 6.45) is 3.50. The van der Waals surface area contributed by atoms with Gasteiger partial charge < -0.3 is 5.32 Å². The van der Waals surface area contributed by atoms with Crippen LogP contribution in [0.1, 0.15) is 12.8 Å². The summed E-state index contributed by atoms with van der Waals surface area (Å²) in [5, 5.41) is 3.59. The summed E-state index contributed by atoms with van der Waals surface area (Å²) in [7, 11) is 0. The molecule has 0 radical (unpaired) electrons. The van der Waals surface area contributed by atoms with Gasteiger partial charge in [0.2, 0.25) is 5.28 Å². The molecule has 1 unspecified atom stereocenters. The lowest BCUT2D eigenvalue weighted by Crippen LogP contribution is -2.15. The highest BCUT2D eigenvalue weighted by Gasteiger charge is 2.16. The summed E-state index contributed by atoms with van der Waals surface area (Å²) in [5.74, 6) is 0.934. The third kappa shape index (κ3) is 2.95. The Kier molecular flexibility index (Phi) is 3.64. The van der Waals surface area contributed by atoms with Gasteiger partial charge in [0, 0.05) is 11.8 Å². The van der Waals surface area contributed by atoms with Gasteiger partial charge in [-0.05, 0) is 30.2 Å². The first-order chi connectivity index (χ1) is 7.25. The minimum absolute atomic E-state index is 0.0676. The molecular weight excluding hydrogens is 237 g/mol. The summed E-state index contributed by atoms with van der Waals surface area (Å²) in [5.41, 5.74) is 0. The van der Waals surface area contributed by atoms with E-state index in [2.05, 4.69) is 15.3 Å². The van der Waals surface area contributed by atoms with Crippen molar-refractivity contribution < 1.29 is 4.39 Å². The van der Waals surface area contributed by atoms with Crippen molar-refractivity contribution in [3.63, 3.8) is 0 Å². The van der Waals surface area contributed by atoms with E-state index >= 15 is 0 Å². The standard InChI is InChI=1S/C9H11ClFN3S/c10-9-13-5-7(11)8(14-9)12-4-6-2-1-3-15-6/h5-6H,1-4H2,(H,12,13,14). The van der Waals surface area contributed by atoms with Crippen LogP contribution in [0.25, 0.3) is 0 Å². The molecule has 1 saturated heterocycles. The summed E-state index contributed by atoms with van der Waals surface area (Å²) < 4.78 is 13.2. The maximum atomic E-state index is 13.2. The molecule has 1 aliphatic rings. The highest BCUT2D eigenvalue weighted by molar-refractivity contribution is 8.00. The number of aromatic nitrogens is 2. The maximum Gasteiger partial charge on any atom is 0.224 e. The van der Waals surface area contributed by atoms with Gasteiger partial charge in [0.1, 0.15) is 0 Å². The van der Waals surface area contributed by atoms with Gasteiger partial charge in [-0.1, -0.05) is 0 Å². The van der Waals surface area contributed by atoms with Crippen LogP contribution in [0.15, 0.2) is 6.20 Å². The van der Waals surface area contributed by atoms with Gasteiger partial charge in [-0.15, -0.1) is 0 Å². The second-order valence-electron chi connectivity index (χ2n) is 3.35. The van der Waals surface area contributed by atoms with Crippen molar-refractivity contribution >= 4 is 29.2 Å². The third-order valence-electron chi connectivity index (χ3n) is 2.24. The molecule has 2 rings (SSSR count). The monoisotopic (exact) mass is 247 g/mol. The predicted octanol–water partition coefficient (Wildman–Crippen LogP) is 2.58. The molecule has 1 aliphatic heterocycles. The molecule has 1 atom stereocenters. The Labute approximate surface area is 96.8 Å². The molecule has 0 aromatic carbocycles. The quantitative estimate of drug-likeness (QED) is 0.834. The Morgan fingerprint density at radius 3 is 3.27 bits per heavy atom. The smallest absolute Gasteiger partial charge is 0.224 e. The molecule has 1 N–H and O–H groups in total. The van der Waals surface area contributed by atoms with Crippen molar-refractivity contribution in [2.24, 2.45) is 0 Å². The van der Waals surface area contributed by atoms with Gasteiger partial charge in [0.25, 0.3) is 0 Å². The van der Waals surface area contributed by atoms with E-state index in [9.17, 15) is 4.39 Å². The molecule has 0 saturated carbocycles. The van der Waals surface area contributed by atoms with Crippen LogP contribution in [0.5, 0.6) is 0 Å². The molecule has 15 heavy (non-hydrogen) atoms. The molecule has 6 heteroatoms. The van der Waals surface area contributed by atoms with E-state index in [4.69, 9.17) is 11.6 Å². The van der Waals surface area contributed by atoms with Gasteiger partial charge in [0.05, 0.1) is 6.20 Å². The Morgan fingerprint density at radius 1 is 1.67 bits per heavy atom. The highest BCUT2D eigenvalue weighted by atomic mass is 35.5. The first-order valence-electron chi connectivity index (χ1n) is 4.79. The number of nitrogens with one attached hydrogen (secondary N) is 1. The van der Waals surface area contributed by atoms with Crippen molar-refractivity contribution in [3.05, 3.63) is 17.3 Å². The van der Waals surface area contributed by atoms with Crippen molar-refractivity contribution in [3.8, 4) is 0 Å². The zero-order chi connectivity index (χ0) is 10.7. The Balaban J connectivity index is 1.94. The average Bonchev–Trinajstić information content (AvgIpc) is 2.72. The van der Waals surface area contributed by atoms with E-state index < -0.39 is 5.82 Å². The first kappa shape index (κ1) is 11.0. The number of hydrogen-bond donors (Lipinski definition) is 1. The maximum absolute atomic E-state index is 13.2. The zero-order valence-electron chi connectivity index (χ0n) is 8.04. The van der Waals surface area contributed by atoms with E-state index in [1.165, 1.54) is 18.6 Å². The molecule has 3 nitrogen and oxygen atoms in total. The normalized spacial score (nSPS) is 20.5. The van der Waals surface area contributed by atoms with Crippen LogP contribution in [0.4, 0.5) is 10.2 Å². The lowest BCUT2D eigenvalue weighted by Gasteiger charge is -2.10. The summed E-state index contributed by atoms with van der Waals surface area (Å²) in [4.78, 5) is 7.35. The van der Waals surface area contributed by atoms with Crippen molar-refractivity contribution in [2.45, 2.75) is 18.1 Å². The van der Waals surface area contributed by atoms with E-state index in [0.717, 1.165) is 12.7 Å². The minimum atomic E-state index is -0.456. The van der Waals surface area contributed by atoms with E-state index in [-0.39, 0.29) is 11.1 Å². The van der Waals surface area contributed by atoms with Crippen LogP contribution < -0.4 is 5.32 Å². The van der Waals surface area contributed by atoms with E-state index in [1.807, 2.05) is 11.8 Å². The zero-order valence-corrected chi connectivity index (χ0v) is 9.61. The van der Waals surface area contributed by atoms with Crippen LogP contribution in [-0.2, 0) is 0 Å². The van der Waals surface area contributed by atoms with Crippen LogP contribution >= 0.6 is 23.4 Å². The van der Waals surface area contributed by atoms with E-state index in [0.29, 0.717) is 5.25 Å². The van der Waals surface area contributed by atoms with Gasteiger partial charge in [0.15, 0.2) is 11.6 Å². The topological polar surface area (TPSA) is 37.8 Å². The molecule has 2 heterocycles. The van der Waals surface area contributed by atoms with Crippen molar-refractivity contribution in [2.75, 3.05) is 17.6 Å². The molecule has 82 valence electrons. The number of thioether (sulfide) groups is 1. The van der Waals surface area contributed by atoms with Gasteiger partial charge in [-0.25, -0.2) is 9.37 Å². The molecule has 1 aromatic rings. The average molecular weight is 248 g/mol. The van der Waals surface area contributed by atoms with Crippen LogP contribution in [0.3, 0.4) is 0 Å². The molecule has 1 aromatic heterocycles. The van der Waals surface area contributed by atoms with Gasteiger partial charge >= 0.3 is 0 Å². The number of hydrogen-bond acceptors (Lipinski definition) is 4. The Morgan fingerprint density at radius 2 is 2.53 bits per heavy atom. The predicted molar refractivity (Wildman–Crippen MR) is 61.0 cm³/mol. The molecule has 0 amide bonds. The van der Waals surface area contributed by atoms with Gasteiger partial charge in [-0.3, -0.25) is 0 Å². The minimum Gasteiger partial charge on any atom is -0.366 e. The molecule has 0 aliphatic carbocycles. The molecule has 0 bridgehead atoms. The van der Waals surface area contributed by atoms with Crippen molar-refractivity contribution in [1.29, 1.82) is 0 Å². The second kappa shape index (κ2) is 4.99. The first-order valence-corrected chi connectivity index (χ1v) is 6.22. The SMILES string of the molecule is Fc1cnc(Cl)nc1NCC1CCCS1. The molecule has 0 spiro atoms. The van der Waals surface area contributed by atoms with Crippen LogP contribution in [0, 0.1) is 5.82 Å². The van der Waals surface area contributed by atoms with Crippen LogP contribution in [-0.4, -0.2) is 27.5 Å². The fourth-order valence-electron chi connectivity index (χ4n) is 1.49. The van der Waals surface area contributed by atoms with Gasteiger partial charge in [-0.2, -0.15) is 16.7 Å². The Bertz CT molecular complexity index is 344. The molecule has 1 fully saturated rings. The fraction of sp³-hybridized carbons (Fsp3) is 0.556. The van der Waals surface area contributed by atoms with Crippen LogP contribution in [0.2, 0.25) is 5.28 Å². The number of anilines is 1. The third-order valence-corrected chi connectivity index (χ3v) is 3.82.